The number of rotatable bonds is 5. The van der Waals surface area contributed by atoms with Gasteiger partial charge in [-0.3, -0.25) is 0 Å². The summed E-state index contributed by atoms with van der Waals surface area (Å²) in [5.41, 5.74) is -1.64. The van der Waals surface area contributed by atoms with Gasteiger partial charge < -0.3 is 18.0 Å². The van der Waals surface area contributed by atoms with Gasteiger partial charge in [-0.1, -0.05) is 0 Å². The quantitative estimate of drug-likeness (QED) is 0.508. The summed E-state index contributed by atoms with van der Waals surface area (Å²) in [5, 5.41) is 0. The molecule has 0 saturated carbocycles. The molecule has 0 bridgehead atoms. The maximum absolute atomic E-state index is 6.32. The van der Waals surface area contributed by atoms with Crippen molar-refractivity contribution in [1.29, 1.82) is 0 Å². The summed E-state index contributed by atoms with van der Waals surface area (Å²) < 4.78 is 24.5. The second-order valence-electron chi connectivity index (χ2n) is 8.75. The van der Waals surface area contributed by atoms with Crippen LogP contribution in [0.15, 0.2) is 0 Å². The van der Waals surface area contributed by atoms with Crippen molar-refractivity contribution >= 4 is 16.9 Å². The second-order valence-corrected chi connectivity index (χ2v) is 14.2. The average molecular weight is 336 g/mol. The van der Waals surface area contributed by atoms with Crippen molar-refractivity contribution in [2.75, 3.05) is 0 Å². The van der Waals surface area contributed by atoms with Crippen LogP contribution >= 0.6 is 8.60 Å². The fourth-order valence-electron chi connectivity index (χ4n) is 1.83. The number of hydrogen-bond acceptors (Lipinski definition) is 4. The summed E-state index contributed by atoms with van der Waals surface area (Å²) in [6.45, 7) is 22.9. The maximum Gasteiger partial charge on any atom is 0.334 e. The molecule has 1 fully saturated rings. The maximum atomic E-state index is 6.32. The lowest BCUT2D eigenvalue weighted by Crippen LogP contribution is -2.53. The molecule has 0 N–H and O–H groups in total. The van der Waals surface area contributed by atoms with Crippen molar-refractivity contribution in [1.82, 2.24) is 0 Å². The fourth-order valence-corrected chi connectivity index (χ4v) is 5.50. The molecule has 0 spiro atoms. The Morgan fingerprint density at radius 3 is 1.52 bits per heavy atom. The second kappa shape index (κ2) is 5.54. The SMILES string of the molecule is CC1(C)OP(OC(C)(C)C(C)(C)O[Si](C)(C)C)OC1(C)C. The molecular weight excluding hydrogens is 303 g/mol. The largest absolute Gasteiger partial charge is 0.410 e. The van der Waals surface area contributed by atoms with E-state index in [2.05, 4.69) is 33.5 Å². The lowest BCUT2D eigenvalue weighted by molar-refractivity contribution is -0.0846. The lowest BCUT2D eigenvalue weighted by atomic mass is 9.90. The molecule has 4 nitrogen and oxygen atoms in total. The summed E-state index contributed by atoms with van der Waals surface area (Å²) >= 11 is 0. The molecule has 0 aromatic rings. The highest BCUT2D eigenvalue weighted by molar-refractivity contribution is 7.42. The summed E-state index contributed by atoms with van der Waals surface area (Å²) in [6, 6.07) is 0. The van der Waals surface area contributed by atoms with Gasteiger partial charge in [-0.25, -0.2) is 0 Å². The molecule has 21 heavy (non-hydrogen) atoms. The van der Waals surface area contributed by atoms with Crippen LogP contribution in [-0.2, 0) is 18.0 Å². The first-order valence-corrected chi connectivity index (χ1v) is 12.1. The molecule has 1 saturated heterocycles. The highest BCUT2D eigenvalue weighted by atomic mass is 31.2. The molecule has 1 aliphatic heterocycles. The predicted molar refractivity (Wildman–Crippen MR) is 90.9 cm³/mol. The molecule has 0 aliphatic carbocycles. The Balaban J connectivity index is 2.82. The Morgan fingerprint density at radius 2 is 1.19 bits per heavy atom. The van der Waals surface area contributed by atoms with Crippen molar-refractivity contribution < 1.29 is 18.0 Å². The first-order chi connectivity index (χ1) is 8.99. The minimum absolute atomic E-state index is 0.363. The van der Waals surface area contributed by atoms with E-state index in [0.29, 0.717) is 0 Å². The van der Waals surface area contributed by atoms with Crippen molar-refractivity contribution in [2.24, 2.45) is 0 Å². The summed E-state index contributed by atoms with van der Waals surface area (Å²) in [7, 11) is -3.05. The van der Waals surface area contributed by atoms with Crippen LogP contribution in [0.25, 0.3) is 0 Å². The van der Waals surface area contributed by atoms with Crippen molar-refractivity contribution in [3.8, 4) is 0 Å². The standard InChI is InChI=1S/C15H33O4PSi/c1-12(2)13(3,4)17-20(16-12)18-14(5,6)15(7,8)19-21(9,10)11/h1-11H3. The monoisotopic (exact) mass is 336 g/mol. The van der Waals surface area contributed by atoms with Crippen molar-refractivity contribution in [2.45, 2.75) is 97.4 Å². The molecule has 0 aromatic heterocycles. The fraction of sp³-hybridized carbons (Fsp3) is 1.00. The van der Waals surface area contributed by atoms with E-state index in [-0.39, 0.29) is 11.2 Å². The molecule has 1 rings (SSSR count). The Hall–Kier alpha value is 0.487. The van der Waals surface area contributed by atoms with Gasteiger partial charge in [0.1, 0.15) is 11.2 Å². The van der Waals surface area contributed by atoms with Gasteiger partial charge >= 0.3 is 8.60 Å². The zero-order valence-corrected chi connectivity index (χ0v) is 17.5. The number of hydrogen-bond donors (Lipinski definition) is 0. The minimum atomic E-state index is -1.67. The van der Waals surface area contributed by atoms with Crippen LogP contribution in [0, 0.1) is 0 Å². The van der Waals surface area contributed by atoms with E-state index in [9.17, 15) is 0 Å². The van der Waals surface area contributed by atoms with Crippen molar-refractivity contribution in [3.63, 3.8) is 0 Å². The lowest BCUT2D eigenvalue weighted by Gasteiger charge is -2.45. The van der Waals surface area contributed by atoms with Crippen LogP contribution in [-0.4, -0.2) is 30.7 Å². The molecule has 1 heterocycles. The third-order valence-electron chi connectivity index (χ3n) is 4.37. The van der Waals surface area contributed by atoms with Crippen LogP contribution in [0.1, 0.15) is 55.4 Å². The van der Waals surface area contributed by atoms with E-state index in [4.69, 9.17) is 18.0 Å². The van der Waals surface area contributed by atoms with Gasteiger partial charge in [0.05, 0.1) is 11.2 Å². The third kappa shape index (κ3) is 4.49. The molecule has 126 valence electrons. The van der Waals surface area contributed by atoms with Crippen LogP contribution in [0.3, 0.4) is 0 Å². The average Bonchev–Trinajstić information content (AvgIpc) is 2.27. The van der Waals surface area contributed by atoms with E-state index in [1.165, 1.54) is 0 Å². The normalized spacial score (nSPS) is 23.6. The van der Waals surface area contributed by atoms with Gasteiger partial charge in [0.2, 0.25) is 0 Å². The van der Waals surface area contributed by atoms with Gasteiger partial charge in [0.25, 0.3) is 0 Å². The molecule has 0 radical (unpaired) electrons. The summed E-state index contributed by atoms with van der Waals surface area (Å²) in [5.74, 6) is 0. The van der Waals surface area contributed by atoms with E-state index in [1.54, 1.807) is 0 Å². The molecular formula is C15H33O4PSi. The molecule has 0 atom stereocenters. The van der Waals surface area contributed by atoms with Gasteiger partial charge in [-0.2, -0.15) is 0 Å². The minimum Gasteiger partial charge on any atom is -0.410 e. The molecule has 0 unspecified atom stereocenters. The summed E-state index contributed by atoms with van der Waals surface area (Å²) in [6.07, 6.45) is 0. The van der Waals surface area contributed by atoms with E-state index < -0.39 is 28.1 Å². The first-order valence-electron chi connectivity index (χ1n) is 7.57. The smallest absolute Gasteiger partial charge is 0.334 e. The predicted octanol–water partition coefficient (Wildman–Crippen LogP) is 5.24. The van der Waals surface area contributed by atoms with Gasteiger partial charge in [0, 0.05) is 0 Å². The third-order valence-corrected chi connectivity index (χ3v) is 7.31. The van der Waals surface area contributed by atoms with E-state index >= 15 is 0 Å². The molecule has 1 aliphatic rings. The van der Waals surface area contributed by atoms with Crippen LogP contribution in [0.2, 0.25) is 19.6 Å². The molecule has 6 heteroatoms. The van der Waals surface area contributed by atoms with Gasteiger partial charge in [-0.05, 0) is 75.0 Å². The van der Waals surface area contributed by atoms with E-state index in [1.807, 2.05) is 41.5 Å². The van der Waals surface area contributed by atoms with Crippen LogP contribution in [0.5, 0.6) is 0 Å². The summed E-state index contributed by atoms with van der Waals surface area (Å²) in [4.78, 5) is 0. The molecule has 0 amide bonds. The highest BCUT2D eigenvalue weighted by Crippen LogP contribution is 2.61. The Morgan fingerprint density at radius 1 is 0.810 bits per heavy atom. The van der Waals surface area contributed by atoms with Crippen LogP contribution < -0.4 is 0 Å². The zero-order chi connectivity index (χ0) is 16.9. The van der Waals surface area contributed by atoms with Gasteiger partial charge in [0.15, 0.2) is 8.32 Å². The van der Waals surface area contributed by atoms with Gasteiger partial charge in [-0.15, -0.1) is 0 Å². The molecule has 0 aromatic carbocycles. The zero-order valence-electron chi connectivity index (χ0n) is 15.6. The van der Waals surface area contributed by atoms with Crippen molar-refractivity contribution in [3.05, 3.63) is 0 Å². The topological polar surface area (TPSA) is 36.9 Å². The van der Waals surface area contributed by atoms with Crippen LogP contribution in [0.4, 0.5) is 0 Å². The Bertz CT molecular complexity index is 370. The first kappa shape index (κ1) is 19.5. The highest BCUT2D eigenvalue weighted by Gasteiger charge is 2.54. The van der Waals surface area contributed by atoms with E-state index in [0.717, 1.165) is 0 Å². The Kier molecular flexibility index (Phi) is 5.15. The Labute approximate surface area is 133 Å².